The number of carbonyl (C=O) groups is 2. The number of rotatable bonds is 4. The van der Waals surface area contributed by atoms with E-state index >= 15 is 0 Å². The summed E-state index contributed by atoms with van der Waals surface area (Å²) in [6.07, 6.45) is 0. The monoisotopic (exact) mass is 378 g/mol. The van der Waals surface area contributed by atoms with E-state index in [4.69, 9.17) is 0 Å². The van der Waals surface area contributed by atoms with Crippen molar-refractivity contribution in [3.8, 4) is 0 Å². The second kappa shape index (κ2) is 7.64. The molecule has 2 saturated heterocycles. The molecular weight excluding hydrogens is 352 g/mol. The number of nitrogens with zero attached hydrogens (tertiary/aromatic N) is 4. The molecule has 0 bridgehead atoms. The summed E-state index contributed by atoms with van der Waals surface area (Å²) in [6.45, 7) is 7.58. The van der Waals surface area contributed by atoms with Gasteiger partial charge in [-0.3, -0.25) is 14.6 Å². The molecule has 2 fully saturated rings. The van der Waals surface area contributed by atoms with E-state index in [-0.39, 0.29) is 11.9 Å². The second-order valence-electron chi connectivity index (χ2n) is 7.51. The van der Waals surface area contributed by atoms with Crippen molar-refractivity contribution in [1.29, 1.82) is 0 Å². The molecule has 0 aromatic heterocycles. The zero-order valence-corrected chi connectivity index (χ0v) is 16.4. The molecule has 0 unspecified atom stereocenters. The molecule has 2 aromatic rings. The number of amides is 3. The smallest absolute Gasteiger partial charge is 0.333 e. The van der Waals surface area contributed by atoms with Crippen LogP contribution in [0.1, 0.15) is 12.5 Å². The van der Waals surface area contributed by atoms with E-state index in [9.17, 15) is 9.59 Å². The second-order valence-corrected chi connectivity index (χ2v) is 7.51. The number of aryl methyl sites for hydroxylation is 1. The molecule has 0 N–H and O–H groups in total. The molecule has 2 aliphatic heterocycles. The summed E-state index contributed by atoms with van der Waals surface area (Å²) in [6, 6.07) is 17.4. The number of piperazine rings is 1. The molecule has 0 aliphatic carbocycles. The fourth-order valence-corrected chi connectivity index (χ4v) is 3.88. The number of anilines is 2. The largest absolute Gasteiger partial charge is 0.369 e. The summed E-state index contributed by atoms with van der Waals surface area (Å²) in [5, 5.41) is 0. The Morgan fingerprint density at radius 1 is 0.857 bits per heavy atom. The molecule has 4 rings (SSSR count). The first-order valence-corrected chi connectivity index (χ1v) is 9.78. The molecule has 0 spiro atoms. The van der Waals surface area contributed by atoms with E-state index in [0.29, 0.717) is 6.67 Å². The SMILES string of the molecule is Cc1ccc(N2C(=O)N(CN3CCN(c4ccccc4)CC3)C(=O)[C@@H]2C)cc1. The zero-order chi connectivity index (χ0) is 19.7. The lowest BCUT2D eigenvalue weighted by Gasteiger charge is -2.37. The number of imide groups is 1. The van der Waals surface area contributed by atoms with Gasteiger partial charge in [-0.15, -0.1) is 0 Å². The van der Waals surface area contributed by atoms with E-state index in [1.807, 2.05) is 49.4 Å². The lowest BCUT2D eigenvalue weighted by molar-refractivity contribution is -0.128. The van der Waals surface area contributed by atoms with Gasteiger partial charge < -0.3 is 4.90 Å². The minimum Gasteiger partial charge on any atom is -0.369 e. The van der Waals surface area contributed by atoms with Crippen LogP contribution in [-0.4, -0.2) is 60.6 Å². The highest BCUT2D eigenvalue weighted by Gasteiger charge is 2.44. The lowest BCUT2D eigenvalue weighted by atomic mass is 10.2. The van der Waals surface area contributed by atoms with Crippen molar-refractivity contribution in [1.82, 2.24) is 9.80 Å². The third kappa shape index (κ3) is 3.47. The van der Waals surface area contributed by atoms with Crippen LogP contribution in [0.15, 0.2) is 54.6 Å². The topological polar surface area (TPSA) is 47.1 Å². The molecule has 0 saturated carbocycles. The molecule has 0 radical (unpaired) electrons. The van der Waals surface area contributed by atoms with Gasteiger partial charge in [0.25, 0.3) is 5.91 Å². The zero-order valence-electron chi connectivity index (χ0n) is 16.4. The van der Waals surface area contributed by atoms with Crippen molar-refractivity contribution in [2.75, 3.05) is 42.6 Å². The predicted molar refractivity (Wildman–Crippen MR) is 110 cm³/mol. The Balaban J connectivity index is 1.40. The standard InChI is InChI=1S/C22H26N4O2/c1-17-8-10-20(11-9-17)26-18(2)21(27)25(22(26)28)16-23-12-14-24(15-13-23)19-6-4-3-5-7-19/h3-11,18H,12-16H2,1-2H3/t18-/m0/s1. The van der Waals surface area contributed by atoms with Gasteiger partial charge >= 0.3 is 6.03 Å². The van der Waals surface area contributed by atoms with E-state index in [0.717, 1.165) is 37.4 Å². The summed E-state index contributed by atoms with van der Waals surface area (Å²) in [5.41, 5.74) is 3.12. The van der Waals surface area contributed by atoms with Gasteiger partial charge in [0, 0.05) is 37.6 Å². The fourth-order valence-electron chi connectivity index (χ4n) is 3.88. The summed E-state index contributed by atoms with van der Waals surface area (Å²) in [5.74, 6) is -0.129. The van der Waals surface area contributed by atoms with Gasteiger partial charge in [0.1, 0.15) is 6.04 Å². The normalized spacial score (nSPS) is 20.9. The van der Waals surface area contributed by atoms with Crippen LogP contribution in [0.5, 0.6) is 0 Å². The number of hydrogen-bond acceptors (Lipinski definition) is 4. The molecule has 1 atom stereocenters. The molecule has 2 aromatic carbocycles. The minimum absolute atomic E-state index is 0.129. The first-order valence-electron chi connectivity index (χ1n) is 9.78. The molecule has 28 heavy (non-hydrogen) atoms. The van der Waals surface area contributed by atoms with Gasteiger partial charge in [-0.05, 0) is 38.1 Å². The molecule has 6 nitrogen and oxygen atoms in total. The maximum Gasteiger partial charge on any atom is 0.333 e. The fraction of sp³-hybridized carbons (Fsp3) is 0.364. The van der Waals surface area contributed by atoms with Crippen molar-refractivity contribution in [3.63, 3.8) is 0 Å². The quantitative estimate of drug-likeness (QED) is 0.768. The Labute approximate surface area is 165 Å². The molecule has 2 aliphatic rings. The van der Waals surface area contributed by atoms with Crippen LogP contribution in [0.25, 0.3) is 0 Å². The Bertz CT molecular complexity index is 845. The maximum atomic E-state index is 13.0. The average Bonchev–Trinajstić information content (AvgIpc) is 2.93. The summed E-state index contributed by atoms with van der Waals surface area (Å²) >= 11 is 0. The highest BCUT2D eigenvalue weighted by molar-refractivity contribution is 6.14. The highest BCUT2D eigenvalue weighted by atomic mass is 16.2. The Hall–Kier alpha value is -2.86. The van der Waals surface area contributed by atoms with Crippen molar-refractivity contribution >= 4 is 23.3 Å². The summed E-state index contributed by atoms with van der Waals surface area (Å²) in [7, 11) is 0. The molecule has 6 heteroatoms. The average molecular weight is 378 g/mol. The third-order valence-corrected chi connectivity index (χ3v) is 5.59. The predicted octanol–water partition coefficient (Wildman–Crippen LogP) is 2.93. The van der Waals surface area contributed by atoms with Gasteiger partial charge in [-0.1, -0.05) is 35.9 Å². The number of urea groups is 1. The van der Waals surface area contributed by atoms with Crippen molar-refractivity contribution < 1.29 is 9.59 Å². The molecule has 3 amide bonds. The first-order chi connectivity index (χ1) is 13.5. The van der Waals surface area contributed by atoms with E-state index < -0.39 is 6.04 Å². The molecule has 2 heterocycles. The Morgan fingerprint density at radius 2 is 1.50 bits per heavy atom. The summed E-state index contributed by atoms with van der Waals surface area (Å²) < 4.78 is 0. The van der Waals surface area contributed by atoms with Crippen LogP contribution in [0.4, 0.5) is 16.2 Å². The summed E-state index contributed by atoms with van der Waals surface area (Å²) in [4.78, 5) is 33.2. The number of para-hydroxylation sites is 1. The number of hydrogen-bond donors (Lipinski definition) is 0. The van der Waals surface area contributed by atoms with Crippen molar-refractivity contribution in [2.24, 2.45) is 0 Å². The van der Waals surface area contributed by atoms with E-state index in [2.05, 4.69) is 21.9 Å². The van der Waals surface area contributed by atoms with Crippen molar-refractivity contribution in [3.05, 3.63) is 60.2 Å². The Kier molecular flexibility index (Phi) is 5.05. The van der Waals surface area contributed by atoms with Gasteiger partial charge in [-0.25, -0.2) is 9.69 Å². The molecular formula is C22H26N4O2. The van der Waals surface area contributed by atoms with Gasteiger partial charge in [0.2, 0.25) is 0 Å². The Morgan fingerprint density at radius 3 is 2.14 bits per heavy atom. The van der Waals surface area contributed by atoms with E-state index in [1.165, 1.54) is 10.6 Å². The van der Waals surface area contributed by atoms with Crippen LogP contribution in [0, 0.1) is 6.92 Å². The lowest BCUT2D eigenvalue weighted by Crippen LogP contribution is -2.51. The van der Waals surface area contributed by atoms with Crippen LogP contribution >= 0.6 is 0 Å². The van der Waals surface area contributed by atoms with Crippen LogP contribution in [0.2, 0.25) is 0 Å². The van der Waals surface area contributed by atoms with Crippen molar-refractivity contribution in [2.45, 2.75) is 19.9 Å². The highest BCUT2D eigenvalue weighted by Crippen LogP contribution is 2.26. The number of carbonyl (C=O) groups excluding carboxylic acids is 2. The van der Waals surface area contributed by atoms with E-state index in [1.54, 1.807) is 11.8 Å². The third-order valence-electron chi connectivity index (χ3n) is 5.59. The van der Waals surface area contributed by atoms with Crippen LogP contribution < -0.4 is 9.80 Å². The van der Waals surface area contributed by atoms with Gasteiger partial charge in [0.05, 0.1) is 6.67 Å². The number of benzene rings is 2. The van der Waals surface area contributed by atoms with Gasteiger partial charge in [0.15, 0.2) is 0 Å². The van der Waals surface area contributed by atoms with Crippen LogP contribution in [0.3, 0.4) is 0 Å². The van der Waals surface area contributed by atoms with Gasteiger partial charge in [-0.2, -0.15) is 0 Å². The maximum absolute atomic E-state index is 13.0. The molecule has 146 valence electrons. The first kappa shape index (κ1) is 18.5. The minimum atomic E-state index is -0.471. The van der Waals surface area contributed by atoms with Crippen LogP contribution in [-0.2, 0) is 4.79 Å².